The van der Waals surface area contributed by atoms with Gasteiger partial charge in [0.2, 0.25) is 0 Å². The lowest BCUT2D eigenvalue weighted by atomic mass is 9.91. The van der Waals surface area contributed by atoms with Gasteiger partial charge in [0.05, 0.1) is 0 Å². The molecular weight excluding hydrogens is 297 g/mol. The summed E-state index contributed by atoms with van der Waals surface area (Å²) in [7, 11) is 4.32. The maximum Gasteiger partial charge on any atom is 0.389 e. The van der Waals surface area contributed by atoms with Crippen molar-refractivity contribution in [2.45, 2.75) is 76.9 Å². The molecular formula is C16H31F3O3. The SMILES string of the molecule is CCCCCCCC(CCC(F)(F)F)CC(OC)(OC)OC. The largest absolute Gasteiger partial charge is 0.389 e. The Labute approximate surface area is 132 Å². The highest BCUT2D eigenvalue weighted by Gasteiger charge is 2.35. The van der Waals surface area contributed by atoms with Crippen LogP contribution in [0.25, 0.3) is 0 Å². The summed E-state index contributed by atoms with van der Waals surface area (Å²) in [5.41, 5.74) is 0. The molecule has 0 bridgehead atoms. The molecule has 0 rings (SSSR count). The van der Waals surface area contributed by atoms with Crippen LogP contribution in [-0.2, 0) is 14.2 Å². The molecule has 0 spiro atoms. The molecule has 0 fully saturated rings. The molecule has 0 saturated heterocycles. The molecule has 0 heterocycles. The molecule has 134 valence electrons. The van der Waals surface area contributed by atoms with Crippen LogP contribution in [0.3, 0.4) is 0 Å². The number of alkyl halides is 3. The van der Waals surface area contributed by atoms with Gasteiger partial charge in [0, 0.05) is 34.2 Å². The number of hydrogen-bond donors (Lipinski definition) is 0. The second-order valence-corrected chi connectivity index (χ2v) is 5.72. The van der Waals surface area contributed by atoms with E-state index in [4.69, 9.17) is 14.2 Å². The second kappa shape index (κ2) is 11.2. The molecule has 0 aromatic rings. The van der Waals surface area contributed by atoms with E-state index in [0.29, 0.717) is 6.42 Å². The quantitative estimate of drug-likeness (QED) is 0.340. The van der Waals surface area contributed by atoms with E-state index in [1.54, 1.807) is 0 Å². The van der Waals surface area contributed by atoms with E-state index in [0.717, 1.165) is 32.1 Å². The summed E-state index contributed by atoms with van der Waals surface area (Å²) < 4.78 is 53.1. The summed E-state index contributed by atoms with van der Waals surface area (Å²) in [5, 5.41) is 0. The van der Waals surface area contributed by atoms with Gasteiger partial charge >= 0.3 is 6.18 Å². The Morgan fingerprint density at radius 1 is 0.818 bits per heavy atom. The fourth-order valence-corrected chi connectivity index (χ4v) is 2.61. The zero-order chi connectivity index (χ0) is 17.1. The van der Waals surface area contributed by atoms with Gasteiger partial charge in [-0.05, 0) is 12.3 Å². The van der Waals surface area contributed by atoms with Gasteiger partial charge in [-0.1, -0.05) is 45.4 Å². The minimum absolute atomic E-state index is 0.0785. The minimum Gasteiger partial charge on any atom is -0.331 e. The Morgan fingerprint density at radius 2 is 1.36 bits per heavy atom. The van der Waals surface area contributed by atoms with Crippen molar-refractivity contribution < 1.29 is 27.4 Å². The number of methoxy groups -OCH3 is 3. The Morgan fingerprint density at radius 3 is 1.82 bits per heavy atom. The molecule has 0 radical (unpaired) electrons. The molecule has 0 aliphatic rings. The summed E-state index contributed by atoms with van der Waals surface area (Å²) in [4.78, 5) is 0. The van der Waals surface area contributed by atoms with E-state index in [-0.39, 0.29) is 12.3 Å². The summed E-state index contributed by atoms with van der Waals surface area (Å²) in [6.07, 6.45) is 1.64. The first kappa shape index (κ1) is 21.7. The van der Waals surface area contributed by atoms with Gasteiger partial charge in [0.1, 0.15) is 0 Å². The third kappa shape index (κ3) is 9.64. The van der Waals surface area contributed by atoms with Gasteiger partial charge < -0.3 is 14.2 Å². The Kier molecular flexibility index (Phi) is 11.1. The van der Waals surface area contributed by atoms with E-state index in [1.807, 2.05) is 0 Å². The first-order valence-corrected chi connectivity index (χ1v) is 8.04. The van der Waals surface area contributed by atoms with Crippen LogP contribution in [0.4, 0.5) is 13.2 Å². The molecule has 0 aliphatic carbocycles. The number of hydrogen-bond acceptors (Lipinski definition) is 3. The van der Waals surface area contributed by atoms with Crippen molar-refractivity contribution >= 4 is 0 Å². The van der Waals surface area contributed by atoms with Crippen molar-refractivity contribution in [3.05, 3.63) is 0 Å². The Bertz CT molecular complexity index is 258. The van der Waals surface area contributed by atoms with Crippen LogP contribution in [0.1, 0.15) is 64.7 Å². The summed E-state index contributed by atoms with van der Waals surface area (Å²) >= 11 is 0. The molecule has 0 aromatic heterocycles. The fraction of sp³-hybridized carbons (Fsp3) is 1.00. The predicted octanol–water partition coefficient (Wildman–Crippen LogP) is 5.29. The van der Waals surface area contributed by atoms with Crippen molar-refractivity contribution in [3.63, 3.8) is 0 Å². The fourth-order valence-electron chi connectivity index (χ4n) is 2.61. The van der Waals surface area contributed by atoms with Gasteiger partial charge in [0.25, 0.3) is 5.97 Å². The van der Waals surface area contributed by atoms with Crippen molar-refractivity contribution in [1.29, 1.82) is 0 Å². The standard InChI is InChI=1S/C16H31F3O3/c1-5-6-7-8-9-10-14(11-12-15(17,18)19)13-16(20-2,21-3)22-4/h14H,5-13H2,1-4H3. The van der Waals surface area contributed by atoms with Crippen LogP contribution in [0.2, 0.25) is 0 Å². The molecule has 1 atom stereocenters. The summed E-state index contributed by atoms with van der Waals surface area (Å²) in [6.45, 7) is 2.14. The third-order valence-corrected chi connectivity index (χ3v) is 4.02. The lowest BCUT2D eigenvalue weighted by Gasteiger charge is -2.32. The number of rotatable bonds is 13. The van der Waals surface area contributed by atoms with Crippen LogP contribution in [0, 0.1) is 5.92 Å². The van der Waals surface area contributed by atoms with Gasteiger partial charge in [-0.3, -0.25) is 0 Å². The predicted molar refractivity (Wildman–Crippen MR) is 80.5 cm³/mol. The van der Waals surface area contributed by atoms with E-state index in [2.05, 4.69) is 6.92 Å². The summed E-state index contributed by atoms with van der Waals surface area (Å²) in [5.74, 6) is -1.39. The smallest absolute Gasteiger partial charge is 0.331 e. The first-order valence-electron chi connectivity index (χ1n) is 8.04. The van der Waals surface area contributed by atoms with E-state index < -0.39 is 18.6 Å². The lowest BCUT2D eigenvalue weighted by Crippen LogP contribution is -2.38. The molecule has 3 nitrogen and oxygen atoms in total. The van der Waals surface area contributed by atoms with E-state index in [9.17, 15) is 13.2 Å². The molecule has 0 saturated carbocycles. The van der Waals surface area contributed by atoms with Crippen LogP contribution in [0.15, 0.2) is 0 Å². The van der Waals surface area contributed by atoms with Gasteiger partial charge in [-0.25, -0.2) is 0 Å². The topological polar surface area (TPSA) is 27.7 Å². The highest BCUT2D eigenvalue weighted by molar-refractivity contribution is 4.69. The highest BCUT2D eigenvalue weighted by Crippen LogP contribution is 2.33. The number of ether oxygens (including phenoxy) is 3. The molecule has 0 aromatic carbocycles. The first-order chi connectivity index (χ1) is 10.3. The Hall–Kier alpha value is -0.330. The van der Waals surface area contributed by atoms with Crippen LogP contribution in [-0.4, -0.2) is 33.5 Å². The highest BCUT2D eigenvalue weighted by atomic mass is 19.4. The lowest BCUT2D eigenvalue weighted by molar-refractivity contribution is -0.360. The number of unbranched alkanes of at least 4 members (excludes halogenated alkanes) is 4. The van der Waals surface area contributed by atoms with Crippen LogP contribution < -0.4 is 0 Å². The maximum absolute atomic E-state index is 12.5. The zero-order valence-electron chi connectivity index (χ0n) is 14.3. The normalized spacial score (nSPS) is 14.3. The van der Waals surface area contributed by atoms with Crippen molar-refractivity contribution in [1.82, 2.24) is 0 Å². The van der Waals surface area contributed by atoms with Crippen molar-refractivity contribution in [2.24, 2.45) is 5.92 Å². The molecule has 0 amide bonds. The van der Waals surface area contributed by atoms with Crippen LogP contribution in [0.5, 0.6) is 0 Å². The Balaban J connectivity index is 4.49. The zero-order valence-corrected chi connectivity index (χ0v) is 14.3. The van der Waals surface area contributed by atoms with Crippen molar-refractivity contribution in [2.75, 3.05) is 21.3 Å². The maximum atomic E-state index is 12.5. The molecule has 6 heteroatoms. The molecule has 0 aliphatic heterocycles. The molecule has 0 N–H and O–H groups in total. The van der Waals surface area contributed by atoms with Crippen molar-refractivity contribution in [3.8, 4) is 0 Å². The average molecular weight is 328 g/mol. The van der Waals surface area contributed by atoms with Crippen LogP contribution >= 0.6 is 0 Å². The van der Waals surface area contributed by atoms with E-state index in [1.165, 1.54) is 27.8 Å². The third-order valence-electron chi connectivity index (χ3n) is 4.02. The van der Waals surface area contributed by atoms with Gasteiger partial charge in [-0.2, -0.15) is 13.2 Å². The molecule has 22 heavy (non-hydrogen) atoms. The van der Waals surface area contributed by atoms with Gasteiger partial charge in [-0.15, -0.1) is 0 Å². The van der Waals surface area contributed by atoms with E-state index >= 15 is 0 Å². The monoisotopic (exact) mass is 328 g/mol. The summed E-state index contributed by atoms with van der Waals surface area (Å²) in [6, 6.07) is 0. The number of halogens is 3. The molecule has 1 unspecified atom stereocenters. The van der Waals surface area contributed by atoms with Gasteiger partial charge in [0.15, 0.2) is 0 Å². The second-order valence-electron chi connectivity index (χ2n) is 5.72. The average Bonchev–Trinajstić information content (AvgIpc) is 2.48. The minimum atomic E-state index is -4.13.